The van der Waals surface area contributed by atoms with Gasteiger partial charge in [0.1, 0.15) is 11.9 Å². The molecule has 0 amide bonds. The number of rotatable bonds is 8. The van der Waals surface area contributed by atoms with E-state index in [1.54, 1.807) is 0 Å². The molecule has 0 bridgehead atoms. The Morgan fingerprint density at radius 1 is 1.30 bits per heavy atom. The zero-order valence-corrected chi connectivity index (χ0v) is 13.1. The molecule has 0 aliphatic heterocycles. The molecule has 0 radical (unpaired) electrons. The van der Waals surface area contributed by atoms with Crippen LogP contribution < -0.4 is 5.32 Å². The molecule has 4 heteroatoms. The van der Waals surface area contributed by atoms with Crippen molar-refractivity contribution in [2.75, 3.05) is 23.9 Å². The van der Waals surface area contributed by atoms with Gasteiger partial charge in [0.15, 0.2) is 0 Å². The Hall–Kier alpha value is -1.21. The molecule has 1 aliphatic carbocycles. The van der Waals surface area contributed by atoms with E-state index in [-0.39, 0.29) is 0 Å². The smallest absolute Gasteiger partial charge is 0.144 e. The van der Waals surface area contributed by atoms with Gasteiger partial charge in [0, 0.05) is 12.2 Å². The van der Waals surface area contributed by atoms with Crippen molar-refractivity contribution >= 4 is 17.6 Å². The molecule has 0 spiro atoms. The van der Waals surface area contributed by atoms with Gasteiger partial charge in [-0.2, -0.15) is 17.0 Å². The maximum atomic E-state index is 9.22. The molecule has 1 N–H and O–H groups in total. The fraction of sp³-hybridized carbons (Fsp3) is 0.625. The minimum Gasteiger partial charge on any atom is -0.369 e. The van der Waals surface area contributed by atoms with Crippen LogP contribution in [0.3, 0.4) is 0 Å². The molecule has 1 aliphatic rings. The molecule has 20 heavy (non-hydrogen) atoms. The van der Waals surface area contributed by atoms with Gasteiger partial charge in [0.25, 0.3) is 0 Å². The highest BCUT2D eigenvalue weighted by Gasteiger charge is 2.15. The highest BCUT2D eigenvalue weighted by molar-refractivity contribution is 7.98. The number of aromatic nitrogens is 1. The van der Waals surface area contributed by atoms with Crippen LogP contribution in [0.2, 0.25) is 0 Å². The lowest BCUT2D eigenvalue weighted by Crippen LogP contribution is -2.07. The van der Waals surface area contributed by atoms with E-state index in [0.29, 0.717) is 5.56 Å². The van der Waals surface area contributed by atoms with E-state index in [1.165, 1.54) is 42.7 Å². The third kappa shape index (κ3) is 4.14. The van der Waals surface area contributed by atoms with E-state index < -0.39 is 0 Å². The van der Waals surface area contributed by atoms with Gasteiger partial charge in [-0.15, -0.1) is 0 Å². The Morgan fingerprint density at radius 2 is 2.15 bits per heavy atom. The van der Waals surface area contributed by atoms with Crippen molar-refractivity contribution in [2.45, 2.75) is 44.9 Å². The van der Waals surface area contributed by atoms with Crippen LogP contribution in [0, 0.1) is 11.3 Å². The number of aryl methyl sites for hydroxylation is 2. The zero-order valence-electron chi connectivity index (χ0n) is 12.2. The van der Waals surface area contributed by atoms with Gasteiger partial charge in [0.2, 0.25) is 0 Å². The summed E-state index contributed by atoms with van der Waals surface area (Å²) in [5.41, 5.74) is 3.16. The largest absolute Gasteiger partial charge is 0.369 e. The van der Waals surface area contributed by atoms with Gasteiger partial charge in [-0.3, -0.25) is 0 Å². The van der Waals surface area contributed by atoms with Crippen LogP contribution in [0.4, 0.5) is 5.82 Å². The predicted octanol–water partition coefficient (Wildman–Crippen LogP) is 3.78. The van der Waals surface area contributed by atoms with Crippen LogP contribution in [-0.2, 0) is 12.8 Å². The van der Waals surface area contributed by atoms with Crippen LogP contribution >= 0.6 is 11.8 Å². The van der Waals surface area contributed by atoms with E-state index in [0.717, 1.165) is 31.6 Å². The number of anilines is 1. The quantitative estimate of drug-likeness (QED) is 0.740. The summed E-state index contributed by atoms with van der Waals surface area (Å²) in [4.78, 5) is 4.63. The summed E-state index contributed by atoms with van der Waals surface area (Å²) in [6.45, 7) is 0.916. The van der Waals surface area contributed by atoms with Crippen molar-refractivity contribution in [2.24, 2.45) is 0 Å². The van der Waals surface area contributed by atoms with Crippen molar-refractivity contribution in [3.63, 3.8) is 0 Å². The Labute approximate surface area is 126 Å². The minimum atomic E-state index is 0.702. The average Bonchev–Trinajstić information content (AvgIpc) is 2.92. The third-order valence-corrected chi connectivity index (χ3v) is 4.44. The number of fused-ring (bicyclic) bond motifs is 1. The van der Waals surface area contributed by atoms with E-state index in [1.807, 2.05) is 17.8 Å². The molecule has 0 fully saturated rings. The molecule has 0 unspecified atom stereocenters. The second kappa shape index (κ2) is 8.16. The van der Waals surface area contributed by atoms with E-state index >= 15 is 0 Å². The second-order valence-electron chi connectivity index (χ2n) is 5.29. The van der Waals surface area contributed by atoms with E-state index in [2.05, 4.69) is 22.6 Å². The maximum absolute atomic E-state index is 9.22. The number of nitrogens with zero attached hydrogens (tertiary/aromatic N) is 2. The number of nitrogens with one attached hydrogen (secondary N) is 1. The van der Waals surface area contributed by atoms with Crippen molar-refractivity contribution in [3.05, 3.63) is 22.9 Å². The first kappa shape index (κ1) is 15.2. The molecular weight excluding hydrogens is 266 g/mol. The van der Waals surface area contributed by atoms with Gasteiger partial charge in [-0.05, 0) is 55.7 Å². The fourth-order valence-corrected chi connectivity index (χ4v) is 3.12. The lowest BCUT2D eigenvalue weighted by molar-refractivity contribution is 0.688. The number of unbranched alkanes of at least 4 members (excludes halogenated alkanes) is 3. The maximum Gasteiger partial charge on any atom is 0.144 e. The molecule has 1 heterocycles. The van der Waals surface area contributed by atoms with Gasteiger partial charge in [-0.1, -0.05) is 12.8 Å². The van der Waals surface area contributed by atoms with Crippen molar-refractivity contribution in [3.8, 4) is 6.07 Å². The topological polar surface area (TPSA) is 48.7 Å². The molecule has 3 nitrogen and oxygen atoms in total. The zero-order chi connectivity index (χ0) is 14.2. The van der Waals surface area contributed by atoms with Crippen LogP contribution in [0.15, 0.2) is 6.07 Å². The standard InChI is InChI=1S/C16H23N3S/c1-20-10-5-3-2-4-9-18-16-14(12-17)11-13-7-6-8-15(13)19-16/h11H,2-10H2,1H3,(H,18,19). The molecule has 0 aromatic carbocycles. The van der Waals surface area contributed by atoms with Crippen molar-refractivity contribution in [1.82, 2.24) is 4.98 Å². The summed E-state index contributed by atoms with van der Waals surface area (Å²) in [5, 5.41) is 12.6. The molecule has 108 valence electrons. The van der Waals surface area contributed by atoms with Gasteiger partial charge in [0.05, 0.1) is 5.56 Å². The van der Waals surface area contributed by atoms with Crippen LogP contribution in [0.1, 0.15) is 48.9 Å². The number of nitriles is 1. The number of hydrogen-bond donors (Lipinski definition) is 1. The fourth-order valence-electron chi connectivity index (χ4n) is 2.62. The molecule has 0 saturated heterocycles. The molecule has 1 aromatic rings. The Morgan fingerprint density at radius 3 is 2.95 bits per heavy atom. The third-order valence-electron chi connectivity index (χ3n) is 3.74. The molecular formula is C16H23N3S. The summed E-state index contributed by atoms with van der Waals surface area (Å²) in [7, 11) is 0. The van der Waals surface area contributed by atoms with E-state index in [4.69, 9.17) is 0 Å². The van der Waals surface area contributed by atoms with Gasteiger partial charge in [-0.25, -0.2) is 4.98 Å². The first-order valence-corrected chi connectivity index (χ1v) is 8.90. The summed E-state index contributed by atoms with van der Waals surface area (Å²) < 4.78 is 0. The van der Waals surface area contributed by atoms with Crippen LogP contribution in [-0.4, -0.2) is 23.5 Å². The Kier molecular flexibility index (Phi) is 6.20. The highest BCUT2D eigenvalue weighted by Crippen LogP contribution is 2.24. The summed E-state index contributed by atoms with van der Waals surface area (Å²) in [6.07, 6.45) is 10.5. The SMILES string of the molecule is CSCCCCCCNc1nc2c(cc1C#N)CCC2. The average molecular weight is 289 g/mol. The molecule has 2 rings (SSSR count). The first-order chi connectivity index (χ1) is 9.85. The highest BCUT2D eigenvalue weighted by atomic mass is 32.2. The Balaban J connectivity index is 1.79. The number of hydrogen-bond acceptors (Lipinski definition) is 4. The first-order valence-electron chi connectivity index (χ1n) is 7.51. The van der Waals surface area contributed by atoms with E-state index in [9.17, 15) is 5.26 Å². The predicted molar refractivity (Wildman–Crippen MR) is 86.3 cm³/mol. The Bertz CT molecular complexity index is 479. The van der Waals surface area contributed by atoms with Gasteiger partial charge < -0.3 is 5.32 Å². The lowest BCUT2D eigenvalue weighted by Gasteiger charge is -2.09. The molecule has 0 saturated carbocycles. The lowest BCUT2D eigenvalue weighted by atomic mass is 10.1. The monoisotopic (exact) mass is 289 g/mol. The minimum absolute atomic E-state index is 0.702. The van der Waals surface area contributed by atoms with Crippen LogP contribution in [0.25, 0.3) is 0 Å². The number of thioether (sulfide) groups is 1. The summed E-state index contributed by atoms with van der Waals surface area (Å²) in [6, 6.07) is 4.29. The second-order valence-corrected chi connectivity index (χ2v) is 6.28. The van der Waals surface area contributed by atoms with Crippen LogP contribution in [0.5, 0.6) is 0 Å². The molecule has 0 atom stereocenters. The molecule has 1 aromatic heterocycles. The summed E-state index contributed by atoms with van der Waals surface area (Å²) in [5.74, 6) is 2.05. The van der Waals surface area contributed by atoms with Crippen molar-refractivity contribution < 1.29 is 0 Å². The normalized spacial score (nSPS) is 13.0. The van der Waals surface area contributed by atoms with Gasteiger partial charge >= 0.3 is 0 Å². The van der Waals surface area contributed by atoms with Crippen molar-refractivity contribution in [1.29, 1.82) is 5.26 Å². The summed E-state index contributed by atoms with van der Waals surface area (Å²) >= 11 is 1.92. The number of pyridine rings is 1.